The number of hydrogen-bond acceptors (Lipinski definition) is 3. The number of carbonyl (C=O) groups is 2. The van der Waals surface area contributed by atoms with Crippen molar-refractivity contribution in [3.8, 4) is 0 Å². The Labute approximate surface area is 102 Å². The fourth-order valence-electron chi connectivity index (χ4n) is 2.12. The van der Waals surface area contributed by atoms with Gasteiger partial charge in [-0.2, -0.15) is 0 Å². The van der Waals surface area contributed by atoms with Crippen LogP contribution in [-0.4, -0.2) is 40.5 Å². The fourth-order valence-corrected chi connectivity index (χ4v) is 2.12. The number of carbonyl (C=O) groups excluding carboxylic acids is 1. The second kappa shape index (κ2) is 6.00. The van der Waals surface area contributed by atoms with Crippen molar-refractivity contribution in [2.24, 2.45) is 11.7 Å². The van der Waals surface area contributed by atoms with Crippen LogP contribution in [0.15, 0.2) is 0 Å². The number of amides is 1. The highest BCUT2D eigenvalue weighted by Crippen LogP contribution is 2.20. The van der Waals surface area contributed by atoms with E-state index in [2.05, 4.69) is 0 Å². The van der Waals surface area contributed by atoms with Gasteiger partial charge in [0.25, 0.3) is 0 Å². The molecule has 0 aromatic carbocycles. The molecule has 5 heteroatoms. The van der Waals surface area contributed by atoms with Gasteiger partial charge in [0.1, 0.15) is 6.04 Å². The Balaban J connectivity index is 2.82. The molecule has 0 saturated carbocycles. The van der Waals surface area contributed by atoms with E-state index in [1.807, 2.05) is 0 Å². The number of hydrogen-bond donors (Lipinski definition) is 2. The van der Waals surface area contributed by atoms with Gasteiger partial charge in [-0.1, -0.05) is 19.8 Å². The highest BCUT2D eigenvalue weighted by Gasteiger charge is 2.33. The molecule has 17 heavy (non-hydrogen) atoms. The van der Waals surface area contributed by atoms with Crippen LogP contribution < -0.4 is 5.73 Å². The molecule has 3 N–H and O–H groups in total. The maximum Gasteiger partial charge on any atom is 0.326 e. The van der Waals surface area contributed by atoms with Crippen molar-refractivity contribution >= 4 is 11.9 Å². The van der Waals surface area contributed by atoms with E-state index in [4.69, 9.17) is 5.73 Å². The first-order valence-electron chi connectivity index (χ1n) is 6.24. The Morgan fingerprint density at radius 3 is 2.47 bits per heavy atom. The van der Waals surface area contributed by atoms with Crippen LogP contribution in [-0.2, 0) is 9.59 Å². The maximum absolute atomic E-state index is 12.2. The van der Waals surface area contributed by atoms with Crippen LogP contribution in [0.5, 0.6) is 0 Å². The lowest BCUT2D eigenvalue weighted by Crippen LogP contribution is -2.49. The van der Waals surface area contributed by atoms with Crippen LogP contribution in [0.4, 0.5) is 0 Å². The monoisotopic (exact) mass is 242 g/mol. The topological polar surface area (TPSA) is 83.6 Å². The minimum Gasteiger partial charge on any atom is -0.480 e. The van der Waals surface area contributed by atoms with Crippen molar-refractivity contribution in [3.63, 3.8) is 0 Å². The lowest BCUT2D eigenvalue weighted by Gasteiger charge is -2.30. The number of rotatable bonds is 3. The number of nitrogens with two attached hydrogens (primary N) is 1. The summed E-state index contributed by atoms with van der Waals surface area (Å²) in [5.74, 6) is -1.36. The molecule has 0 radical (unpaired) electrons. The van der Waals surface area contributed by atoms with Gasteiger partial charge >= 0.3 is 5.97 Å². The summed E-state index contributed by atoms with van der Waals surface area (Å²) in [4.78, 5) is 24.9. The second-order valence-electron chi connectivity index (χ2n) is 4.88. The Kier molecular flexibility index (Phi) is 4.93. The molecule has 1 amide bonds. The Morgan fingerprint density at radius 2 is 1.94 bits per heavy atom. The average molecular weight is 242 g/mol. The van der Waals surface area contributed by atoms with Crippen molar-refractivity contribution < 1.29 is 14.7 Å². The van der Waals surface area contributed by atoms with Gasteiger partial charge in [-0.15, -0.1) is 0 Å². The maximum atomic E-state index is 12.2. The third kappa shape index (κ3) is 3.43. The van der Waals surface area contributed by atoms with Gasteiger partial charge in [0.15, 0.2) is 0 Å². The number of carboxylic acid groups (broad SMARTS) is 1. The molecule has 0 bridgehead atoms. The molecule has 0 spiro atoms. The molecule has 3 atom stereocenters. The molecule has 1 heterocycles. The lowest BCUT2D eigenvalue weighted by atomic mass is 10.0. The van der Waals surface area contributed by atoms with Crippen molar-refractivity contribution in [2.45, 2.75) is 51.6 Å². The molecular formula is C12H22N2O3. The smallest absolute Gasteiger partial charge is 0.326 e. The van der Waals surface area contributed by atoms with Crippen LogP contribution >= 0.6 is 0 Å². The zero-order chi connectivity index (χ0) is 13.0. The molecule has 0 aromatic rings. The standard InChI is InChI=1S/C12H22N2O3/c1-8(9(2)13)11(15)14-7-5-3-4-6-10(14)12(16)17/h8-10H,3-7,13H2,1-2H3,(H,16,17). The van der Waals surface area contributed by atoms with E-state index in [0.29, 0.717) is 13.0 Å². The molecule has 3 unspecified atom stereocenters. The highest BCUT2D eigenvalue weighted by molar-refractivity contribution is 5.85. The number of likely N-dealkylation sites (tertiary alicyclic amines) is 1. The van der Waals surface area contributed by atoms with Crippen molar-refractivity contribution in [1.29, 1.82) is 0 Å². The van der Waals surface area contributed by atoms with Gasteiger partial charge in [0.05, 0.1) is 5.92 Å². The number of carboxylic acids is 1. The van der Waals surface area contributed by atoms with Gasteiger partial charge < -0.3 is 15.7 Å². The van der Waals surface area contributed by atoms with Crippen molar-refractivity contribution in [2.75, 3.05) is 6.54 Å². The third-order valence-electron chi connectivity index (χ3n) is 3.50. The molecule has 1 saturated heterocycles. The Bertz CT molecular complexity index is 291. The van der Waals surface area contributed by atoms with Crippen LogP contribution in [0.3, 0.4) is 0 Å². The van der Waals surface area contributed by atoms with Crippen LogP contribution in [0.2, 0.25) is 0 Å². The number of nitrogens with zero attached hydrogens (tertiary/aromatic N) is 1. The first-order valence-corrected chi connectivity index (χ1v) is 6.24. The van der Waals surface area contributed by atoms with E-state index in [9.17, 15) is 14.7 Å². The van der Waals surface area contributed by atoms with E-state index in [1.165, 1.54) is 4.90 Å². The van der Waals surface area contributed by atoms with Gasteiger partial charge in [0, 0.05) is 12.6 Å². The SMILES string of the molecule is CC(N)C(C)C(=O)N1CCCCCC1C(=O)O. The minimum atomic E-state index is -0.905. The molecule has 1 aliphatic heterocycles. The molecule has 1 fully saturated rings. The summed E-state index contributed by atoms with van der Waals surface area (Å²) in [7, 11) is 0. The minimum absolute atomic E-state index is 0.130. The predicted molar refractivity (Wildman–Crippen MR) is 64.4 cm³/mol. The van der Waals surface area contributed by atoms with Crippen molar-refractivity contribution in [1.82, 2.24) is 4.90 Å². The molecule has 1 rings (SSSR count). The second-order valence-corrected chi connectivity index (χ2v) is 4.88. The largest absolute Gasteiger partial charge is 0.480 e. The highest BCUT2D eigenvalue weighted by atomic mass is 16.4. The van der Waals surface area contributed by atoms with E-state index >= 15 is 0 Å². The number of aliphatic carboxylic acids is 1. The molecule has 98 valence electrons. The summed E-state index contributed by atoms with van der Waals surface area (Å²) in [6, 6.07) is -0.925. The van der Waals surface area contributed by atoms with E-state index < -0.39 is 12.0 Å². The zero-order valence-corrected chi connectivity index (χ0v) is 10.6. The van der Waals surface area contributed by atoms with E-state index in [1.54, 1.807) is 13.8 Å². The van der Waals surface area contributed by atoms with E-state index in [0.717, 1.165) is 19.3 Å². The third-order valence-corrected chi connectivity index (χ3v) is 3.50. The summed E-state index contributed by atoms with van der Waals surface area (Å²) >= 11 is 0. The van der Waals surface area contributed by atoms with E-state index in [-0.39, 0.29) is 17.9 Å². The first kappa shape index (κ1) is 14.0. The Hall–Kier alpha value is -1.10. The van der Waals surface area contributed by atoms with Gasteiger partial charge in [0.2, 0.25) is 5.91 Å². The first-order chi connectivity index (χ1) is 7.95. The quantitative estimate of drug-likeness (QED) is 0.767. The lowest BCUT2D eigenvalue weighted by molar-refractivity contribution is -0.152. The Morgan fingerprint density at radius 1 is 1.29 bits per heavy atom. The molecular weight excluding hydrogens is 220 g/mol. The van der Waals surface area contributed by atoms with Crippen LogP contribution in [0, 0.1) is 5.92 Å². The summed E-state index contributed by atoms with van der Waals surface area (Å²) in [5.41, 5.74) is 5.71. The predicted octanol–water partition coefficient (Wildman–Crippen LogP) is 0.825. The normalized spacial score (nSPS) is 24.9. The average Bonchev–Trinajstić information content (AvgIpc) is 2.51. The van der Waals surface area contributed by atoms with Gasteiger partial charge in [-0.3, -0.25) is 4.79 Å². The summed E-state index contributed by atoms with van der Waals surface area (Å²) in [5, 5.41) is 9.18. The molecule has 0 aromatic heterocycles. The van der Waals surface area contributed by atoms with Crippen LogP contribution in [0.1, 0.15) is 39.5 Å². The fraction of sp³-hybridized carbons (Fsp3) is 0.833. The molecule has 1 aliphatic rings. The van der Waals surface area contributed by atoms with Crippen molar-refractivity contribution in [3.05, 3.63) is 0 Å². The zero-order valence-electron chi connectivity index (χ0n) is 10.6. The summed E-state index contributed by atoms with van der Waals surface area (Å²) in [6.07, 6.45) is 3.28. The molecule has 0 aliphatic carbocycles. The summed E-state index contributed by atoms with van der Waals surface area (Å²) < 4.78 is 0. The van der Waals surface area contributed by atoms with Gasteiger partial charge in [-0.25, -0.2) is 4.79 Å². The van der Waals surface area contributed by atoms with Gasteiger partial charge in [-0.05, 0) is 19.8 Å². The summed E-state index contributed by atoms with van der Waals surface area (Å²) in [6.45, 7) is 4.07. The van der Waals surface area contributed by atoms with Crippen LogP contribution in [0.25, 0.3) is 0 Å². The molecule has 5 nitrogen and oxygen atoms in total.